The average molecular weight is 248 g/mol. The molecule has 1 aliphatic rings. The Morgan fingerprint density at radius 1 is 1.56 bits per heavy atom. The van der Waals surface area contributed by atoms with Gasteiger partial charge in [-0.25, -0.2) is 8.42 Å². The monoisotopic (exact) mass is 248 g/mol. The van der Waals surface area contributed by atoms with Crippen LogP contribution < -0.4 is 5.73 Å². The summed E-state index contributed by atoms with van der Waals surface area (Å²) in [6.45, 7) is 4.00. The lowest BCUT2D eigenvalue weighted by atomic mass is 10.1. The van der Waals surface area contributed by atoms with Crippen molar-refractivity contribution in [3.63, 3.8) is 0 Å². The van der Waals surface area contributed by atoms with Crippen LogP contribution in [-0.4, -0.2) is 49.4 Å². The van der Waals surface area contributed by atoms with Gasteiger partial charge in [0, 0.05) is 12.6 Å². The molecule has 0 saturated carbocycles. The van der Waals surface area contributed by atoms with Crippen LogP contribution in [0.25, 0.3) is 0 Å². The Bertz CT molecular complexity index is 353. The highest BCUT2D eigenvalue weighted by Gasteiger charge is 2.32. The van der Waals surface area contributed by atoms with Gasteiger partial charge >= 0.3 is 0 Å². The van der Waals surface area contributed by atoms with Crippen LogP contribution in [0, 0.1) is 0 Å². The zero-order valence-electron chi connectivity index (χ0n) is 9.85. The van der Waals surface area contributed by atoms with Gasteiger partial charge in [0.05, 0.1) is 17.5 Å². The molecule has 16 heavy (non-hydrogen) atoms. The minimum Gasteiger partial charge on any atom is -0.337 e. The van der Waals surface area contributed by atoms with Crippen molar-refractivity contribution in [2.24, 2.45) is 5.73 Å². The molecule has 0 aromatic carbocycles. The molecule has 94 valence electrons. The lowest BCUT2D eigenvalue weighted by molar-refractivity contribution is -0.134. The zero-order chi connectivity index (χ0) is 12.3. The molecular weight excluding hydrogens is 228 g/mol. The fourth-order valence-corrected chi connectivity index (χ4v) is 3.53. The van der Waals surface area contributed by atoms with Crippen LogP contribution in [0.15, 0.2) is 0 Å². The number of amides is 1. The third-order valence-electron chi connectivity index (χ3n) is 2.87. The molecule has 0 bridgehead atoms. The smallest absolute Gasteiger partial charge is 0.239 e. The first kappa shape index (κ1) is 13.4. The highest BCUT2D eigenvalue weighted by Crippen LogP contribution is 2.13. The zero-order valence-corrected chi connectivity index (χ0v) is 10.7. The van der Waals surface area contributed by atoms with Crippen LogP contribution in [0.4, 0.5) is 0 Å². The molecule has 1 aliphatic heterocycles. The van der Waals surface area contributed by atoms with E-state index >= 15 is 0 Å². The van der Waals surface area contributed by atoms with Gasteiger partial charge in [-0.1, -0.05) is 13.3 Å². The van der Waals surface area contributed by atoms with E-state index in [1.165, 1.54) is 0 Å². The second-order valence-electron chi connectivity index (χ2n) is 4.39. The maximum Gasteiger partial charge on any atom is 0.239 e. The molecule has 1 unspecified atom stereocenters. The average Bonchev–Trinajstić information content (AvgIpc) is 2.16. The Kier molecular flexibility index (Phi) is 4.32. The standard InChI is InChI=1S/C10H20N2O3S/c1-3-4-9(11)10(13)12-5-6-16(14,15)7-8(12)2/h8-9H,3-7,11H2,1-2H3/t8?,9-/m0/s1. The molecule has 0 spiro atoms. The molecule has 1 saturated heterocycles. The molecule has 0 aromatic rings. The second-order valence-corrected chi connectivity index (χ2v) is 6.62. The summed E-state index contributed by atoms with van der Waals surface area (Å²) in [5, 5.41) is 0. The van der Waals surface area contributed by atoms with Crippen molar-refractivity contribution in [2.75, 3.05) is 18.1 Å². The van der Waals surface area contributed by atoms with E-state index in [1.807, 2.05) is 6.92 Å². The Morgan fingerprint density at radius 3 is 2.69 bits per heavy atom. The van der Waals surface area contributed by atoms with Crippen molar-refractivity contribution in [3.8, 4) is 0 Å². The molecule has 0 aromatic heterocycles. The predicted molar refractivity (Wildman–Crippen MR) is 62.7 cm³/mol. The van der Waals surface area contributed by atoms with Gasteiger partial charge in [0.25, 0.3) is 0 Å². The van der Waals surface area contributed by atoms with E-state index < -0.39 is 15.9 Å². The fourth-order valence-electron chi connectivity index (χ4n) is 1.97. The molecule has 1 heterocycles. The van der Waals surface area contributed by atoms with Gasteiger partial charge in [-0.2, -0.15) is 0 Å². The SMILES string of the molecule is CCC[C@H](N)C(=O)N1CCS(=O)(=O)CC1C. The van der Waals surface area contributed by atoms with Crippen molar-refractivity contribution in [3.05, 3.63) is 0 Å². The van der Waals surface area contributed by atoms with Crippen LogP contribution in [0.3, 0.4) is 0 Å². The highest BCUT2D eigenvalue weighted by atomic mass is 32.2. The van der Waals surface area contributed by atoms with E-state index in [2.05, 4.69) is 0 Å². The van der Waals surface area contributed by atoms with E-state index in [9.17, 15) is 13.2 Å². The van der Waals surface area contributed by atoms with Crippen molar-refractivity contribution in [1.82, 2.24) is 4.90 Å². The number of hydrogen-bond acceptors (Lipinski definition) is 4. The van der Waals surface area contributed by atoms with Crippen LogP contribution in [0.5, 0.6) is 0 Å². The third-order valence-corrected chi connectivity index (χ3v) is 4.67. The van der Waals surface area contributed by atoms with E-state index in [1.54, 1.807) is 11.8 Å². The van der Waals surface area contributed by atoms with Crippen molar-refractivity contribution < 1.29 is 13.2 Å². The summed E-state index contributed by atoms with van der Waals surface area (Å²) in [7, 11) is -2.97. The van der Waals surface area contributed by atoms with Gasteiger partial charge in [0.2, 0.25) is 5.91 Å². The second kappa shape index (κ2) is 5.14. The molecule has 0 radical (unpaired) electrons. The van der Waals surface area contributed by atoms with Crippen LogP contribution in [-0.2, 0) is 14.6 Å². The predicted octanol–water partition coefficient (Wildman–Crippen LogP) is -0.241. The van der Waals surface area contributed by atoms with E-state index in [0.29, 0.717) is 6.42 Å². The molecule has 0 aliphatic carbocycles. The van der Waals surface area contributed by atoms with E-state index in [-0.39, 0.29) is 30.0 Å². The van der Waals surface area contributed by atoms with E-state index in [0.717, 1.165) is 6.42 Å². The Balaban J connectivity index is 2.65. The topological polar surface area (TPSA) is 80.5 Å². The van der Waals surface area contributed by atoms with Crippen molar-refractivity contribution in [2.45, 2.75) is 38.8 Å². The Labute approximate surface area is 96.9 Å². The van der Waals surface area contributed by atoms with Gasteiger partial charge in [-0.15, -0.1) is 0 Å². The van der Waals surface area contributed by atoms with Crippen molar-refractivity contribution >= 4 is 15.7 Å². The number of carbonyl (C=O) groups excluding carboxylic acids is 1. The normalized spacial score (nSPS) is 26.4. The quantitative estimate of drug-likeness (QED) is 0.747. The number of hydrogen-bond donors (Lipinski definition) is 1. The lowest BCUT2D eigenvalue weighted by Crippen LogP contribution is -2.54. The minimum atomic E-state index is -2.97. The summed E-state index contributed by atoms with van der Waals surface area (Å²) in [5.74, 6) is -0.0104. The lowest BCUT2D eigenvalue weighted by Gasteiger charge is -2.34. The van der Waals surface area contributed by atoms with Gasteiger partial charge < -0.3 is 10.6 Å². The minimum absolute atomic E-state index is 0.0532. The maximum atomic E-state index is 11.9. The van der Waals surface area contributed by atoms with Gasteiger partial charge in [-0.05, 0) is 13.3 Å². The molecule has 2 atom stereocenters. The molecule has 5 nitrogen and oxygen atoms in total. The number of sulfone groups is 1. The summed E-state index contributed by atoms with van der Waals surface area (Å²) in [4.78, 5) is 13.5. The van der Waals surface area contributed by atoms with Gasteiger partial charge in [-0.3, -0.25) is 4.79 Å². The van der Waals surface area contributed by atoms with E-state index in [4.69, 9.17) is 5.73 Å². The van der Waals surface area contributed by atoms with Crippen LogP contribution in [0.2, 0.25) is 0 Å². The van der Waals surface area contributed by atoms with Crippen LogP contribution in [0.1, 0.15) is 26.7 Å². The fraction of sp³-hybridized carbons (Fsp3) is 0.900. The Morgan fingerprint density at radius 2 is 2.19 bits per heavy atom. The molecule has 6 heteroatoms. The number of nitrogens with zero attached hydrogens (tertiary/aromatic N) is 1. The number of carbonyl (C=O) groups is 1. The first-order chi connectivity index (χ1) is 7.37. The van der Waals surface area contributed by atoms with Gasteiger partial charge in [0.15, 0.2) is 9.84 Å². The summed E-state index contributed by atoms with van der Waals surface area (Å²) in [6.07, 6.45) is 1.50. The number of rotatable bonds is 3. The highest BCUT2D eigenvalue weighted by molar-refractivity contribution is 7.91. The molecule has 1 amide bonds. The molecular formula is C10H20N2O3S. The largest absolute Gasteiger partial charge is 0.337 e. The first-order valence-corrected chi connectivity index (χ1v) is 7.46. The summed E-state index contributed by atoms with van der Waals surface area (Å²) in [6, 6.07) is -0.748. The first-order valence-electron chi connectivity index (χ1n) is 5.64. The number of nitrogens with two attached hydrogens (primary N) is 1. The summed E-state index contributed by atoms with van der Waals surface area (Å²) < 4.78 is 22.7. The molecule has 1 fully saturated rings. The Hall–Kier alpha value is -0.620. The summed E-state index contributed by atoms with van der Waals surface area (Å²) >= 11 is 0. The van der Waals surface area contributed by atoms with Gasteiger partial charge in [0.1, 0.15) is 0 Å². The van der Waals surface area contributed by atoms with Crippen molar-refractivity contribution in [1.29, 1.82) is 0 Å². The maximum absolute atomic E-state index is 11.9. The van der Waals surface area contributed by atoms with Crippen LogP contribution >= 0.6 is 0 Å². The third kappa shape index (κ3) is 3.18. The molecule has 1 rings (SSSR count). The molecule has 2 N–H and O–H groups in total. The summed E-state index contributed by atoms with van der Waals surface area (Å²) in [5.41, 5.74) is 5.75.